The van der Waals surface area contributed by atoms with E-state index in [-0.39, 0.29) is 0 Å². The highest BCUT2D eigenvalue weighted by Crippen LogP contribution is 2.17. The molecule has 1 saturated heterocycles. The quantitative estimate of drug-likeness (QED) is 0.624. The zero-order valence-electron chi connectivity index (χ0n) is 8.60. The maximum Gasteiger partial charge on any atom is 0.00701 e. The molecule has 1 heterocycles. The molecule has 0 unspecified atom stereocenters. The highest BCUT2D eigenvalue weighted by atomic mass is 14.9. The Bertz CT molecular complexity index is 112. The molecule has 1 heteroatoms. The van der Waals surface area contributed by atoms with E-state index >= 15 is 0 Å². The third-order valence-corrected chi connectivity index (χ3v) is 2.85. The van der Waals surface area contributed by atoms with E-state index in [1.807, 2.05) is 0 Å². The Morgan fingerprint density at radius 1 is 1.25 bits per heavy atom. The fourth-order valence-electron chi connectivity index (χ4n) is 2.06. The van der Waals surface area contributed by atoms with E-state index < -0.39 is 0 Å². The molecule has 0 aromatic heterocycles. The molecule has 1 rings (SSSR count). The van der Waals surface area contributed by atoms with Crippen LogP contribution in [0.1, 0.15) is 52.4 Å². The van der Waals surface area contributed by atoms with Crippen LogP contribution in [0.2, 0.25) is 0 Å². The molecule has 1 nitrogen and oxygen atoms in total. The van der Waals surface area contributed by atoms with Crippen molar-refractivity contribution in [2.45, 2.75) is 58.4 Å². The molecule has 0 saturated carbocycles. The highest BCUT2D eigenvalue weighted by molar-refractivity contribution is 4.78. The maximum atomic E-state index is 3.58. The topological polar surface area (TPSA) is 12.0 Å². The maximum absolute atomic E-state index is 3.58. The summed E-state index contributed by atoms with van der Waals surface area (Å²) >= 11 is 0. The molecule has 0 bridgehead atoms. The molecule has 0 radical (unpaired) electrons. The van der Waals surface area contributed by atoms with Crippen LogP contribution in [0, 0.1) is 5.92 Å². The second-order valence-corrected chi connectivity index (χ2v) is 4.30. The van der Waals surface area contributed by atoms with Gasteiger partial charge in [-0.25, -0.2) is 0 Å². The first-order valence-corrected chi connectivity index (χ1v) is 5.56. The SMILES string of the molecule is CCCCCC[C@@H]1C[C@@H](C)CN1. The zero-order chi connectivity index (χ0) is 8.81. The first kappa shape index (κ1) is 10.0. The molecular formula is C11H23N. The molecule has 0 aromatic carbocycles. The number of hydrogen-bond donors (Lipinski definition) is 1. The number of nitrogens with one attached hydrogen (secondary N) is 1. The van der Waals surface area contributed by atoms with E-state index in [1.54, 1.807) is 0 Å². The van der Waals surface area contributed by atoms with Crippen molar-refractivity contribution in [2.24, 2.45) is 5.92 Å². The van der Waals surface area contributed by atoms with Crippen molar-refractivity contribution >= 4 is 0 Å². The smallest absolute Gasteiger partial charge is 0.00701 e. The van der Waals surface area contributed by atoms with Crippen molar-refractivity contribution in [3.05, 3.63) is 0 Å². The first-order valence-electron chi connectivity index (χ1n) is 5.56. The first-order chi connectivity index (χ1) is 5.83. The van der Waals surface area contributed by atoms with Gasteiger partial charge < -0.3 is 5.32 Å². The van der Waals surface area contributed by atoms with Gasteiger partial charge in [-0.1, -0.05) is 39.5 Å². The Morgan fingerprint density at radius 2 is 2.08 bits per heavy atom. The van der Waals surface area contributed by atoms with Crippen LogP contribution in [-0.2, 0) is 0 Å². The predicted octanol–water partition coefficient (Wildman–Crippen LogP) is 2.95. The van der Waals surface area contributed by atoms with Crippen LogP contribution in [-0.4, -0.2) is 12.6 Å². The largest absolute Gasteiger partial charge is 0.314 e. The van der Waals surface area contributed by atoms with Gasteiger partial charge in [-0.3, -0.25) is 0 Å². The molecule has 0 spiro atoms. The molecule has 1 aliphatic heterocycles. The van der Waals surface area contributed by atoms with E-state index in [9.17, 15) is 0 Å². The van der Waals surface area contributed by atoms with Gasteiger partial charge >= 0.3 is 0 Å². The number of rotatable bonds is 5. The number of unbranched alkanes of at least 4 members (excludes halogenated alkanes) is 3. The normalized spacial score (nSPS) is 29.5. The predicted molar refractivity (Wildman–Crippen MR) is 54.3 cm³/mol. The minimum absolute atomic E-state index is 0.844. The molecule has 1 fully saturated rings. The molecule has 72 valence electrons. The minimum atomic E-state index is 0.844. The molecule has 12 heavy (non-hydrogen) atoms. The summed E-state index contributed by atoms with van der Waals surface area (Å²) in [5.74, 6) is 0.918. The summed E-state index contributed by atoms with van der Waals surface area (Å²) in [6.45, 7) is 5.87. The van der Waals surface area contributed by atoms with Gasteiger partial charge in [-0.2, -0.15) is 0 Å². The summed E-state index contributed by atoms with van der Waals surface area (Å²) in [5, 5.41) is 3.58. The van der Waals surface area contributed by atoms with Gasteiger partial charge in [0.1, 0.15) is 0 Å². The van der Waals surface area contributed by atoms with Crippen molar-refractivity contribution in [3.8, 4) is 0 Å². The molecule has 2 atom stereocenters. The number of hydrogen-bond acceptors (Lipinski definition) is 1. The van der Waals surface area contributed by atoms with Crippen LogP contribution >= 0.6 is 0 Å². The van der Waals surface area contributed by atoms with Crippen LogP contribution in [0.25, 0.3) is 0 Å². The molecule has 0 aromatic rings. The second-order valence-electron chi connectivity index (χ2n) is 4.30. The summed E-state index contributed by atoms with van der Waals surface area (Å²) in [4.78, 5) is 0. The van der Waals surface area contributed by atoms with Gasteiger partial charge in [0, 0.05) is 6.04 Å². The van der Waals surface area contributed by atoms with E-state index in [2.05, 4.69) is 19.2 Å². The Morgan fingerprint density at radius 3 is 2.67 bits per heavy atom. The Balaban J connectivity index is 1.93. The lowest BCUT2D eigenvalue weighted by atomic mass is 10.0. The van der Waals surface area contributed by atoms with Crippen molar-refractivity contribution in [1.82, 2.24) is 5.32 Å². The lowest BCUT2D eigenvalue weighted by Gasteiger charge is -2.08. The zero-order valence-corrected chi connectivity index (χ0v) is 8.60. The van der Waals surface area contributed by atoms with E-state index in [1.165, 1.54) is 45.1 Å². The molecule has 1 aliphatic rings. The summed E-state index contributed by atoms with van der Waals surface area (Å²) in [5.41, 5.74) is 0. The minimum Gasteiger partial charge on any atom is -0.314 e. The van der Waals surface area contributed by atoms with E-state index in [0.29, 0.717) is 0 Å². The highest BCUT2D eigenvalue weighted by Gasteiger charge is 2.19. The Kier molecular flexibility index (Phi) is 4.67. The third-order valence-electron chi connectivity index (χ3n) is 2.85. The van der Waals surface area contributed by atoms with Crippen molar-refractivity contribution in [3.63, 3.8) is 0 Å². The standard InChI is InChI=1S/C11H23N/c1-3-4-5-6-7-11-8-10(2)9-12-11/h10-12H,3-9H2,1-2H3/t10-,11-/m1/s1. The molecular weight excluding hydrogens is 146 g/mol. The monoisotopic (exact) mass is 169 g/mol. The summed E-state index contributed by atoms with van der Waals surface area (Å²) < 4.78 is 0. The third kappa shape index (κ3) is 3.57. The van der Waals surface area contributed by atoms with E-state index in [0.717, 1.165) is 12.0 Å². The fraction of sp³-hybridized carbons (Fsp3) is 1.00. The van der Waals surface area contributed by atoms with Gasteiger partial charge in [-0.15, -0.1) is 0 Å². The van der Waals surface area contributed by atoms with Gasteiger partial charge in [0.2, 0.25) is 0 Å². The van der Waals surface area contributed by atoms with Crippen LogP contribution in [0.3, 0.4) is 0 Å². The van der Waals surface area contributed by atoms with Crippen LogP contribution in [0.4, 0.5) is 0 Å². The average molecular weight is 169 g/mol. The van der Waals surface area contributed by atoms with Crippen LogP contribution < -0.4 is 5.32 Å². The van der Waals surface area contributed by atoms with Gasteiger partial charge in [-0.05, 0) is 25.3 Å². The fourth-order valence-corrected chi connectivity index (χ4v) is 2.06. The summed E-state index contributed by atoms with van der Waals surface area (Å²) in [7, 11) is 0. The molecule has 0 amide bonds. The van der Waals surface area contributed by atoms with Crippen molar-refractivity contribution < 1.29 is 0 Å². The Labute approximate surface area is 76.9 Å². The summed E-state index contributed by atoms with van der Waals surface area (Å²) in [6.07, 6.45) is 8.45. The van der Waals surface area contributed by atoms with E-state index in [4.69, 9.17) is 0 Å². The van der Waals surface area contributed by atoms with Gasteiger partial charge in [0.05, 0.1) is 0 Å². The average Bonchev–Trinajstić information content (AvgIpc) is 2.45. The second kappa shape index (κ2) is 5.58. The lowest BCUT2D eigenvalue weighted by Crippen LogP contribution is -2.20. The van der Waals surface area contributed by atoms with Gasteiger partial charge in [0.25, 0.3) is 0 Å². The Hall–Kier alpha value is -0.0400. The van der Waals surface area contributed by atoms with Crippen molar-refractivity contribution in [1.29, 1.82) is 0 Å². The van der Waals surface area contributed by atoms with Crippen LogP contribution in [0.5, 0.6) is 0 Å². The van der Waals surface area contributed by atoms with Gasteiger partial charge in [0.15, 0.2) is 0 Å². The molecule has 0 aliphatic carbocycles. The summed E-state index contributed by atoms with van der Waals surface area (Å²) in [6, 6.07) is 0.844. The van der Waals surface area contributed by atoms with Crippen LogP contribution in [0.15, 0.2) is 0 Å². The van der Waals surface area contributed by atoms with Crippen molar-refractivity contribution in [2.75, 3.05) is 6.54 Å². The molecule has 1 N–H and O–H groups in total. The lowest BCUT2D eigenvalue weighted by molar-refractivity contribution is 0.503.